The SMILES string of the molecule is CNc1nn(C2CCCCO2)c2ccc(Cl)cc12. The number of ether oxygens (including phenoxy) is 1. The summed E-state index contributed by atoms with van der Waals surface area (Å²) >= 11 is 6.05. The Hall–Kier alpha value is -1.26. The van der Waals surface area contributed by atoms with Crippen molar-refractivity contribution in [3.05, 3.63) is 23.2 Å². The number of nitrogens with zero attached hydrogens (tertiary/aromatic N) is 2. The van der Waals surface area contributed by atoms with Gasteiger partial charge in [0.2, 0.25) is 0 Å². The van der Waals surface area contributed by atoms with E-state index in [1.165, 1.54) is 6.42 Å². The number of anilines is 1. The van der Waals surface area contributed by atoms with E-state index in [0.29, 0.717) is 0 Å². The number of benzene rings is 1. The second kappa shape index (κ2) is 4.78. The molecule has 1 aliphatic rings. The third-order valence-corrected chi connectivity index (χ3v) is 3.57. The molecule has 1 aromatic carbocycles. The fourth-order valence-electron chi connectivity index (χ4n) is 2.43. The van der Waals surface area contributed by atoms with Gasteiger partial charge < -0.3 is 10.1 Å². The summed E-state index contributed by atoms with van der Waals surface area (Å²) in [6.45, 7) is 0.814. The van der Waals surface area contributed by atoms with Gasteiger partial charge in [0.05, 0.1) is 5.52 Å². The van der Waals surface area contributed by atoms with Crippen molar-refractivity contribution in [3.8, 4) is 0 Å². The predicted molar refractivity (Wildman–Crippen MR) is 73.1 cm³/mol. The van der Waals surface area contributed by atoms with Crippen LogP contribution in [-0.4, -0.2) is 23.4 Å². The van der Waals surface area contributed by atoms with Gasteiger partial charge in [0.15, 0.2) is 12.0 Å². The molecule has 0 bridgehead atoms. The van der Waals surface area contributed by atoms with Crippen molar-refractivity contribution in [1.82, 2.24) is 9.78 Å². The number of fused-ring (bicyclic) bond motifs is 1. The maximum absolute atomic E-state index is 6.05. The summed E-state index contributed by atoms with van der Waals surface area (Å²) in [4.78, 5) is 0. The summed E-state index contributed by atoms with van der Waals surface area (Å²) in [6.07, 6.45) is 3.39. The molecule has 18 heavy (non-hydrogen) atoms. The van der Waals surface area contributed by atoms with Crippen molar-refractivity contribution < 1.29 is 4.74 Å². The Kier molecular flexibility index (Phi) is 3.14. The third kappa shape index (κ3) is 1.95. The Bertz CT molecular complexity index is 561. The lowest BCUT2D eigenvalue weighted by atomic mass is 10.2. The van der Waals surface area contributed by atoms with Crippen LogP contribution in [0.3, 0.4) is 0 Å². The molecule has 0 saturated carbocycles. The molecule has 1 saturated heterocycles. The molecule has 2 aromatic rings. The predicted octanol–water partition coefficient (Wildman–Crippen LogP) is 3.43. The van der Waals surface area contributed by atoms with E-state index in [2.05, 4.69) is 10.4 Å². The Morgan fingerprint density at radius 1 is 1.44 bits per heavy atom. The van der Waals surface area contributed by atoms with Crippen LogP contribution in [0.15, 0.2) is 18.2 Å². The first-order chi connectivity index (χ1) is 8.79. The molecule has 3 rings (SSSR count). The zero-order chi connectivity index (χ0) is 12.5. The van der Waals surface area contributed by atoms with Gasteiger partial charge in [-0.15, -0.1) is 0 Å². The van der Waals surface area contributed by atoms with Crippen molar-refractivity contribution in [1.29, 1.82) is 0 Å². The van der Waals surface area contributed by atoms with Crippen LogP contribution in [0.4, 0.5) is 5.82 Å². The van der Waals surface area contributed by atoms with Crippen molar-refractivity contribution in [2.75, 3.05) is 19.0 Å². The van der Waals surface area contributed by atoms with E-state index >= 15 is 0 Å². The normalized spacial score (nSPS) is 20.2. The second-order valence-corrected chi connectivity index (χ2v) is 4.96. The lowest BCUT2D eigenvalue weighted by Crippen LogP contribution is -2.19. The Morgan fingerprint density at radius 3 is 3.06 bits per heavy atom. The first kappa shape index (κ1) is 11.8. The summed E-state index contributed by atoms with van der Waals surface area (Å²) in [7, 11) is 1.87. The summed E-state index contributed by atoms with van der Waals surface area (Å²) in [5, 5.41) is 9.47. The Balaban J connectivity index is 2.11. The quantitative estimate of drug-likeness (QED) is 0.904. The van der Waals surface area contributed by atoms with Gasteiger partial charge in [-0.1, -0.05) is 11.6 Å². The topological polar surface area (TPSA) is 39.1 Å². The molecule has 1 unspecified atom stereocenters. The maximum atomic E-state index is 6.05. The molecule has 1 N–H and O–H groups in total. The number of hydrogen-bond donors (Lipinski definition) is 1. The molecule has 2 heterocycles. The Labute approximate surface area is 111 Å². The van der Waals surface area contributed by atoms with Crippen molar-refractivity contribution in [2.45, 2.75) is 25.5 Å². The van der Waals surface area contributed by atoms with E-state index in [0.717, 1.165) is 41.2 Å². The van der Waals surface area contributed by atoms with Gasteiger partial charge in [-0.3, -0.25) is 0 Å². The van der Waals surface area contributed by atoms with Gasteiger partial charge >= 0.3 is 0 Å². The fraction of sp³-hybridized carbons (Fsp3) is 0.462. The molecule has 0 spiro atoms. The van der Waals surface area contributed by atoms with Crippen LogP contribution < -0.4 is 5.32 Å². The molecule has 5 heteroatoms. The fourth-order valence-corrected chi connectivity index (χ4v) is 2.61. The molecular formula is C13H16ClN3O. The van der Waals surface area contributed by atoms with Gasteiger partial charge in [0.25, 0.3) is 0 Å². The third-order valence-electron chi connectivity index (χ3n) is 3.33. The van der Waals surface area contributed by atoms with E-state index in [9.17, 15) is 0 Å². The molecule has 1 fully saturated rings. The second-order valence-electron chi connectivity index (χ2n) is 4.53. The van der Waals surface area contributed by atoms with Crippen LogP contribution in [-0.2, 0) is 4.74 Å². The zero-order valence-electron chi connectivity index (χ0n) is 10.3. The summed E-state index contributed by atoms with van der Waals surface area (Å²) in [5.41, 5.74) is 1.07. The van der Waals surface area contributed by atoms with E-state index in [-0.39, 0.29) is 6.23 Å². The van der Waals surface area contributed by atoms with Gasteiger partial charge in [-0.25, -0.2) is 4.68 Å². The number of aromatic nitrogens is 2. The molecule has 1 aromatic heterocycles. The van der Waals surface area contributed by atoms with Gasteiger partial charge in [-0.05, 0) is 37.5 Å². The number of halogens is 1. The average Bonchev–Trinajstić information content (AvgIpc) is 2.77. The minimum absolute atomic E-state index is 0.0459. The minimum atomic E-state index is 0.0459. The van der Waals surface area contributed by atoms with Crippen LogP contribution in [0.5, 0.6) is 0 Å². The highest BCUT2D eigenvalue weighted by atomic mass is 35.5. The van der Waals surface area contributed by atoms with Crippen molar-refractivity contribution in [3.63, 3.8) is 0 Å². The van der Waals surface area contributed by atoms with E-state index in [1.807, 2.05) is 29.9 Å². The molecule has 4 nitrogen and oxygen atoms in total. The summed E-state index contributed by atoms with van der Waals surface area (Å²) in [5.74, 6) is 0.849. The average molecular weight is 266 g/mol. The lowest BCUT2D eigenvalue weighted by Gasteiger charge is -2.23. The van der Waals surface area contributed by atoms with Crippen LogP contribution in [0.25, 0.3) is 10.9 Å². The molecule has 96 valence electrons. The summed E-state index contributed by atoms with van der Waals surface area (Å²) < 4.78 is 7.77. The maximum Gasteiger partial charge on any atom is 0.155 e. The monoisotopic (exact) mass is 265 g/mol. The smallest absolute Gasteiger partial charge is 0.155 e. The van der Waals surface area contributed by atoms with Crippen LogP contribution >= 0.6 is 11.6 Å². The highest BCUT2D eigenvalue weighted by molar-refractivity contribution is 6.31. The number of rotatable bonds is 2. The first-order valence-electron chi connectivity index (χ1n) is 6.27. The van der Waals surface area contributed by atoms with Crippen molar-refractivity contribution in [2.24, 2.45) is 0 Å². The van der Waals surface area contributed by atoms with E-state index in [1.54, 1.807) is 0 Å². The molecule has 0 aliphatic carbocycles. The number of hydrogen-bond acceptors (Lipinski definition) is 3. The van der Waals surface area contributed by atoms with Crippen molar-refractivity contribution >= 4 is 28.3 Å². The molecule has 1 atom stereocenters. The van der Waals surface area contributed by atoms with Gasteiger partial charge in [0, 0.05) is 24.1 Å². The first-order valence-corrected chi connectivity index (χ1v) is 6.64. The van der Waals surface area contributed by atoms with E-state index < -0.39 is 0 Å². The highest BCUT2D eigenvalue weighted by Gasteiger charge is 2.20. The highest BCUT2D eigenvalue weighted by Crippen LogP contribution is 2.31. The van der Waals surface area contributed by atoms with Gasteiger partial charge in [-0.2, -0.15) is 5.10 Å². The minimum Gasteiger partial charge on any atom is -0.371 e. The Morgan fingerprint density at radius 2 is 2.33 bits per heavy atom. The zero-order valence-corrected chi connectivity index (χ0v) is 11.1. The standard InChI is InChI=1S/C13H16ClN3O/c1-15-13-10-8-9(14)5-6-11(10)17(16-13)12-4-2-3-7-18-12/h5-6,8,12H,2-4,7H2,1H3,(H,15,16). The van der Waals surface area contributed by atoms with E-state index in [4.69, 9.17) is 16.3 Å². The summed E-state index contributed by atoms with van der Waals surface area (Å²) in [6, 6.07) is 5.84. The molecular weight excluding hydrogens is 250 g/mol. The molecule has 1 aliphatic heterocycles. The van der Waals surface area contributed by atoms with Gasteiger partial charge in [0.1, 0.15) is 0 Å². The molecule has 0 amide bonds. The largest absolute Gasteiger partial charge is 0.371 e. The number of nitrogens with one attached hydrogen (secondary N) is 1. The van der Waals surface area contributed by atoms with Crippen LogP contribution in [0, 0.1) is 0 Å². The lowest BCUT2D eigenvalue weighted by molar-refractivity contribution is -0.0365. The van der Waals surface area contributed by atoms with Crippen LogP contribution in [0.1, 0.15) is 25.5 Å². The molecule has 0 radical (unpaired) electrons. The van der Waals surface area contributed by atoms with Crippen LogP contribution in [0.2, 0.25) is 5.02 Å².